The fourth-order valence-corrected chi connectivity index (χ4v) is 2.53. The van der Waals surface area contributed by atoms with E-state index in [2.05, 4.69) is 10.6 Å². The Labute approximate surface area is 109 Å². The van der Waals surface area contributed by atoms with Gasteiger partial charge in [0.1, 0.15) is 0 Å². The van der Waals surface area contributed by atoms with Gasteiger partial charge in [0.2, 0.25) is 5.91 Å². The fraction of sp³-hybridized carbons (Fsp3) is 0.923. The monoisotopic (exact) mass is 258 g/mol. The van der Waals surface area contributed by atoms with Gasteiger partial charge in [0, 0.05) is 19.2 Å². The van der Waals surface area contributed by atoms with E-state index < -0.39 is 0 Å². The van der Waals surface area contributed by atoms with E-state index in [0.717, 1.165) is 25.7 Å². The van der Waals surface area contributed by atoms with E-state index in [4.69, 9.17) is 4.74 Å². The van der Waals surface area contributed by atoms with Crippen molar-refractivity contribution in [2.24, 2.45) is 0 Å². The van der Waals surface area contributed by atoms with Crippen molar-refractivity contribution < 1.29 is 14.6 Å². The molecule has 1 aliphatic rings. The molecule has 3 N–H and O–H groups in total. The van der Waals surface area contributed by atoms with Gasteiger partial charge in [-0.3, -0.25) is 10.1 Å². The Bertz CT molecular complexity index is 253. The number of hydrogen-bond acceptors (Lipinski definition) is 4. The lowest BCUT2D eigenvalue weighted by Gasteiger charge is -2.38. The van der Waals surface area contributed by atoms with Crippen LogP contribution in [-0.2, 0) is 9.53 Å². The van der Waals surface area contributed by atoms with Crippen molar-refractivity contribution in [3.63, 3.8) is 0 Å². The van der Waals surface area contributed by atoms with Crippen molar-refractivity contribution in [2.75, 3.05) is 26.9 Å². The Balaban J connectivity index is 2.40. The van der Waals surface area contributed by atoms with Gasteiger partial charge in [-0.15, -0.1) is 0 Å². The summed E-state index contributed by atoms with van der Waals surface area (Å²) in [7, 11) is 1.61. The normalized spacial score (nSPS) is 20.4. The van der Waals surface area contributed by atoms with Crippen LogP contribution >= 0.6 is 0 Å². The summed E-state index contributed by atoms with van der Waals surface area (Å²) in [5, 5.41) is 15.7. The number of ether oxygens (including phenoxy) is 1. The van der Waals surface area contributed by atoms with Gasteiger partial charge in [0.25, 0.3) is 0 Å². The topological polar surface area (TPSA) is 70.6 Å². The number of amides is 1. The molecule has 0 radical (unpaired) electrons. The first-order valence-electron chi connectivity index (χ1n) is 6.79. The van der Waals surface area contributed by atoms with E-state index in [1.807, 2.05) is 6.92 Å². The molecule has 0 aromatic rings. The Morgan fingerprint density at radius 3 is 2.61 bits per heavy atom. The van der Waals surface area contributed by atoms with Gasteiger partial charge < -0.3 is 15.2 Å². The molecule has 18 heavy (non-hydrogen) atoms. The number of rotatable bonds is 7. The summed E-state index contributed by atoms with van der Waals surface area (Å²) >= 11 is 0. The van der Waals surface area contributed by atoms with Crippen LogP contribution in [0.3, 0.4) is 0 Å². The molecule has 0 spiro atoms. The quantitative estimate of drug-likeness (QED) is 0.579. The summed E-state index contributed by atoms with van der Waals surface area (Å²) < 4.78 is 4.89. The predicted molar refractivity (Wildman–Crippen MR) is 70.4 cm³/mol. The number of carbonyl (C=O) groups excluding carboxylic acids is 1. The predicted octanol–water partition coefficient (Wildman–Crippen LogP) is 0.422. The number of methoxy groups -OCH3 is 1. The summed E-state index contributed by atoms with van der Waals surface area (Å²) in [5.74, 6) is -0.0366. The number of aliphatic hydroxyl groups excluding tert-OH is 1. The smallest absolute Gasteiger partial charge is 0.236 e. The van der Waals surface area contributed by atoms with Gasteiger partial charge in [-0.2, -0.15) is 0 Å². The zero-order valence-corrected chi connectivity index (χ0v) is 11.5. The number of hydrogen-bond donors (Lipinski definition) is 3. The Hall–Kier alpha value is -0.650. The van der Waals surface area contributed by atoms with Crippen LogP contribution in [-0.4, -0.2) is 49.5 Å². The van der Waals surface area contributed by atoms with Crippen LogP contribution < -0.4 is 10.6 Å². The molecular weight excluding hydrogens is 232 g/mol. The first-order chi connectivity index (χ1) is 8.63. The Morgan fingerprint density at radius 2 is 2.06 bits per heavy atom. The van der Waals surface area contributed by atoms with Gasteiger partial charge in [0.05, 0.1) is 19.3 Å². The maximum Gasteiger partial charge on any atom is 0.236 e. The largest absolute Gasteiger partial charge is 0.394 e. The van der Waals surface area contributed by atoms with Crippen molar-refractivity contribution in [3.8, 4) is 0 Å². The Kier molecular flexibility index (Phi) is 6.60. The molecule has 106 valence electrons. The third-order valence-electron chi connectivity index (χ3n) is 3.63. The van der Waals surface area contributed by atoms with Crippen LogP contribution in [0.15, 0.2) is 0 Å². The minimum absolute atomic E-state index is 0.0366. The average Bonchev–Trinajstić information content (AvgIpc) is 2.40. The molecule has 1 aliphatic carbocycles. The molecule has 5 nitrogen and oxygen atoms in total. The summed E-state index contributed by atoms with van der Waals surface area (Å²) in [6.07, 6.45) is 5.34. The summed E-state index contributed by atoms with van der Waals surface area (Å²) in [6, 6.07) is -0.285. The lowest BCUT2D eigenvalue weighted by atomic mass is 9.82. The number of aliphatic hydroxyl groups is 1. The third-order valence-corrected chi connectivity index (χ3v) is 3.63. The zero-order valence-electron chi connectivity index (χ0n) is 11.5. The lowest BCUT2D eigenvalue weighted by molar-refractivity contribution is -0.123. The fourth-order valence-electron chi connectivity index (χ4n) is 2.53. The third kappa shape index (κ3) is 4.55. The van der Waals surface area contributed by atoms with E-state index in [-0.39, 0.29) is 24.1 Å². The molecule has 0 heterocycles. The highest BCUT2D eigenvalue weighted by Gasteiger charge is 2.33. The molecule has 1 amide bonds. The van der Waals surface area contributed by atoms with E-state index >= 15 is 0 Å². The SMILES string of the molecule is COCCNC(=O)C(C)NC1(CO)CCCCC1. The van der Waals surface area contributed by atoms with Crippen molar-refractivity contribution in [1.29, 1.82) is 0 Å². The molecule has 0 aromatic heterocycles. The molecule has 0 saturated heterocycles. The van der Waals surface area contributed by atoms with Crippen molar-refractivity contribution in [2.45, 2.75) is 50.6 Å². The second-order valence-corrected chi connectivity index (χ2v) is 5.15. The van der Waals surface area contributed by atoms with Crippen molar-refractivity contribution in [1.82, 2.24) is 10.6 Å². The molecule has 5 heteroatoms. The van der Waals surface area contributed by atoms with Crippen LogP contribution in [0.4, 0.5) is 0 Å². The number of carbonyl (C=O) groups is 1. The zero-order chi connectivity index (χ0) is 13.4. The van der Waals surface area contributed by atoms with Crippen LogP contribution in [0.2, 0.25) is 0 Å². The van der Waals surface area contributed by atoms with Gasteiger partial charge in [-0.1, -0.05) is 19.3 Å². The molecule has 1 fully saturated rings. The lowest BCUT2D eigenvalue weighted by Crippen LogP contribution is -2.57. The van der Waals surface area contributed by atoms with E-state index in [1.54, 1.807) is 7.11 Å². The molecule has 0 bridgehead atoms. The van der Waals surface area contributed by atoms with Crippen LogP contribution in [0, 0.1) is 0 Å². The van der Waals surface area contributed by atoms with Gasteiger partial charge in [-0.25, -0.2) is 0 Å². The minimum Gasteiger partial charge on any atom is -0.394 e. The molecular formula is C13H26N2O3. The highest BCUT2D eigenvalue weighted by atomic mass is 16.5. The standard InChI is InChI=1S/C13H26N2O3/c1-11(12(17)14-8-9-18-2)15-13(10-16)6-4-3-5-7-13/h11,15-16H,3-10H2,1-2H3,(H,14,17). The molecule has 1 unspecified atom stereocenters. The molecule has 1 rings (SSSR count). The molecule has 0 aliphatic heterocycles. The summed E-state index contributed by atoms with van der Waals surface area (Å²) in [4.78, 5) is 11.8. The second-order valence-electron chi connectivity index (χ2n) is 5.15. The first kappa shape index (κ1) is 15.4. The second kappa shape index (κ2) is 7.71. The van der Waals surface area contributed by atoms with Gasteiger partial charge in [-0.05, 0) is 19.8 Å². The average molecular weight is 258 g/mol. The Morgan fingerprint density at radius 1 is 1.39 bits per heavy atom. The van der Waals surface area contributed by atoms with Crippen LogP contribution in [0.25, 0.3) is 0 Å². The summed E-state index contributed by atoms with van der Waals surface area (Å²) in [6.45, 7) is 2.98. The molecule has 1 saturated carbocycles. The van der Waals surface area contributed by atoms with Crippen LogP contribution in [0.1, 0.15) is 39.0 Å². The first-order valence-corrected chi connectivity index (χ1v) is 6.79. The van der Waals surface area contributed by atoms with E-state index in [1.165, 1.54) is 6.42 Å². The summed E-state index contributed by atoms with van der Waals surface area (Å²) in [5.41, 5.74) is -0.268. The van der Waals surface area contributed by atoms with E-state index in [9.17, 15) is 9.90 Å². The highest BCUT2D eigenvalue weighted by molar-refractivity contribution is 5.81. The van der Waals surface area contributed by atoms with Crippen molar-refractivity contribution >= 4 is 5.91 Å². The van der Waals surface area contributed by atoms with Crippen molar-refractivity contribution in [3.05, 3.63) is 0 Å². The highest BCUT2D eigenvalue weighted by Crippen LogP contribution is 2.28. The van der Waals surface area contributed by atoms with Gasteiger partial charge in [0.15, 0.2) is 0 Å². The molecule has 0 aromatic carbocycles. The molecule has 1 atom stereocenters. The van der Waals surface area contributed by atoms with E-state index in [0.29, 0.717) is 13.2 Å². The minimum atomic E-state index is -0.285. The van der Waals surface area contributed by atoms with Gasteiger partial charge >= 0.3 is 0 Å². The number of nitrogens with one attached hydrogen (secondary N) is 2. The maximum atomic E-state index is 11.8. The maximum absolute atomic E-state index is 11.8. The van der Waals surface area contributed by atoms with Crippen LogP contribution in [0.5, 0.6) is 0 Å².